The van der Waals surface area contributed by atoms with E-state index >= 15 is 0 Å². The minimum Gasteiger partial charge on any atom is -0.301 e. The van der Waals surface area contributed by atoms with Crippen LogP contribution in [0.4, 0.5) is 0 Å². The van der Waals surface area contributed by atoms with Crippen molar-refractivity contribution in [1.29, 1.82) is 0 Å². The van der Waals surface area contributed by atoms with E-state index in [1.165, 1.54) is 31.6 Å². The van der Waals surface area contributed by atoms with E-state index in [-0.39, 0.29) is 0 Å². The molecule has 0 spiro atoms. The van der Waals surface area contributed by atoms with Crippen molar-refractivity contribution in [3.05, 3.63) is 23.8 Å². The molecule has 0 aliphatic carbocycles. The molecule has 0 bridgehead atoms. The lowest BCUT2D eigenvalue weighted by atomic mass is 9.93. The summed E-state index contributed by atoms with van der Waals surface area (Å²) in [4.78, 5) is 11.4. The van der Waals surface area contributed by atoms with E-state index in [9.17, 15) is 0 Å². The Kier molecular flexibility index (Phi) is 3.54. The van der Waals surface area contributed by atoms with Gasteiger partial charge in [-0.15, -0.1) is 0 Å². The molecule has 1 fully saturated rings. The zero-order valence-corrected chi connectivity index (χ0v) is 10.5. The Balaban J connectivity index is 1.96. The third-order valence-corrected chi connectivity index (χ3v) is 3.48. The van der Waals surface area contributed by atoms with Crippen molar-refractivity contribution >= 4 is 0 Å². The van der Waals surface area contributed by atoms with E-state index in [0.717, 1.165) is 5.69 Å². The van der Waals surface area contributed by atoms with Crippen molar-refractivity contribution in [1.82, 2.24) is 14.9 Å². The first-order valence-corrected chi connectivity index (χ1v) is 6.19. The Morgan fingerprint density at radius 2 is 1.88 bits per heavy atom. The van der Waals surface area contributed by atoms with Crippen molar-refractivity contribution < 1.29 is 0 Å². The molecule has 1 saturated heterocycles. The van der Waals surface area contributed by atoms with Crippen LogP contribution in [-0.4, -0.2) is 34.0 Å². The molecule has 88 valence electrons. The average molecular weight is 219 g/mol. The van der Waals surface area contributed by atoms with Crippen LogP contribution in [0.25, 0.3) is 0 Å². The van der Waals surface area contributed by atoms with Crippen LogP contribution in [0.3, 0.4) is 0 Å². The lowest BCUT2D eigenvalue weighted by molar-refractivity contribution is 0.170. The van der Waals surface area contributed by atoms with Gasteiger partial charge in [0.1, 0.15) is 0 Å². The van der Waals surface area contributed by atoms with E-state index in [0.29, 0.717) is 12.0 Å². The van der Waals surface area contributed by atoms with Crippen molar-refractivity contribution in [3.63, 3.8) is 0 Å². The van der Waals surface area contributed by atoms with E-state index in [1.54, 1.807) is 0 Å². The van der Waals surface area contributed by atoms with E-state index in [4.69, 9.17) is 0 Å². The number of aromatic nitrogens is 2. The van der Waals surface area contributed by atoms with Gasteiger partial charge in [-0.25, -0.2) is 0 Å². The van der Waals surface area contributed by atoms with E-state index in [1.807, 2.05) is 19.3 Å². The smallest absolute Gasteiger partial charge is 0.0618 e. The summed E-state index contributed by atoms with van der Waals surface area (Å²) in [6.07, 6.45) is 6.26. The van der Waals surface area contributed by atoms with Crippen LogP contribution in [0.2, 0.25) is 0 Å². The van der Waals surface area contributed by atoms with Crippen molar-refractivity contribution in [2.24, 2.45) is 0 Å². The fourth-order valence-electron chi connectivity index (χ4n) is 2.33. The van der Waals surface area contributed by atoms with Crippen molar-refractivity contribution in [2.75, 3.05) is 13.1 Å². The van der Waals surface area contributed by atoms with Crippen LogP contribution in [0.1, 0.15) is 44.0 Å². The summed E-state index contributed by atoms with van der Waals surface area (Å²) in [7, 11) is 0. The second kappa shape index (κ2) is 4.91. The number of hydrogen-bond donors (Lipinski definition) is 0. The third kappa shape index (κ3) is 2.59. The highest BCUT2D eigenvalue weighted by atomic mass is 15.1. The molecule has 3 heteroatoms. The predicted molar refractivity (Wildman–Crippen MR) is 65.5 cm³/mol. The number of rotatable bonds is 2. The first kappa shape index (κ1) is 11.5. The number of nitrogens with zero attached hydrogens (tertiary/aromatic N) is 3. The summed E-state index contributed by atoms with van der Waals surface area (Å²) in [6, 6.07) is 0.671. The Morgan fingerprint density at radius 1 is 1.19 bits per heavy atom. The van der Waals surface area contributed by atoms with Gasteiger partial charge in [0.2, 0.25) is 0 Å². The minimum absolute atomic E-state index is 0.614. The summed E-state index contributed by atoms with van der Waals surface area (Å²) in [5, 5.41) is 0. The van der Waals surface area contributed by atoms with Crippen LogP contribution in [-0.2, 0) is 0 Å². The van der Waals surface area contributed by atoms with Gasteiger partial charge in [0.25, 0.3) is 0 Å². The summed E-state index contributed by atoms with van der Waals surface area (Å²) in [5.74, 6) is 0.614. The second-order valence-electron chi connectivity index (χ2n) is 4.99. The molecule has 0 atom stereocenters. The lowest BCUT2D eigenvalue weighted by Gasteiger charge is -2.34. The molecule has 0 N–H and O–H groups in total. The van der Waals surface area contributed by atoms with Gasteiger partial charge in [0.15, 0.2) is 0 Å². The maximum Gasteiger partial charge on any atom is 0.0618 e. The Labute approximate surface area is 97.9 Å². The fraction of sp³-hybridized carbons (Fsp3) is 0.692. The van der Waals surface area contributed by atoms with Gasteiger partial charge in [0.05, 0.1) is 11.4 Å². The molecule has 0 unspecified atom stereocenters. The van der Waals surface area contributed by atoms with Crippen LogP contribution >= 0.6 is 0 Å². The molecule has 2 heterocycles. The zero-order chi connectivity index (χ0) is 11.5. The maximum absolute atomic E-state index is 4.49. The monoisotopic (exact) mass is 219 g/mol. The molecule has 1 aromatic rings. The molecule has 0 aromatic carbocycles. The normalized spacial score (nSPS) is 19.2. The van der Waals surface area contributed by atoms with Crippen LogP contribution in [0.15, 0.2) is 12.4 Å². The highest BCUT2D eigenvalue weighted by molar-refractivity contribution is 5.07. The predicted octanol–water partition coefficient (Wildman–Crippen LogP) is 2.37. The first-order chi connectivity index (χ1) is 7.66. The number of hydrogen-bond acceptors (Lipinski definition) is 3. The quantitative estimate of drug-likeness (QED) is 0.764. The summed E-state index contributed by atoms with van der Waals surface area (Å²) < 4.78 is 0. The molecule has 0 amide bonds. The molecule has 16 heavy (non-hydrogen) atoms. The Hall–Kier alpha value is -0.960. The van der Waals surface area contributed by atoms with Gasteiger partial charge in [-0.3, -0.25) is 9.97 Å². The molecule has 0 saturated carbocycles. The highest BCUT2D eigenvalue weighted by Gasteiger charge is 2.22. The zero-order valence-electron chi connectivity index (χ0n) is 10.5. The highest BCUT2D eigenvalue weighted by Crippen LogP contribution is 2.26. The number of piperidine rings is 1. The van der Waals surface area contributed by atoms with Crippen molar-refractivity contribution in [3.8, 4) is 0 Å². The van der Waals surface area contributed by atoms with E-state index in [2.05, 4.69) is 28.7 Å². The van der Waals surface area contributed by atoms with Crippen LogP contribution < -0.4 is 0 Å². The first-order valence-electron chi connectivity index (χ1n) is 6.19. The summed E-state index contributed by atoms with van der Waals surface area (Å²) >= 11 is 0. The second-order valence-corrected chi connectivity index (χ2v) is 4.99. The number of likely N-dealkylation sites (tertiary alicyclic amines) is 1. The van der Waals surface area contributed by atoms with Gasteiger partial charge in [-0.2, -0.15) is 0 Å². The van der Waals surface area contributed by atoms with Gasteiger partial charge in [0, 0.05) is 24.4 Å². The molecule has 2 rings (SSSR count). The third-order valence-electron chi connectivity index (χ3n) is 3.48. The Bertz CT molecular complexity index is 324. The molecule has 1 aliphatic heterocycles. The SMILES string of the molecule is Cc1cnc(C2CCN(C(C)C)CC2)cn1. The maximum atomic E-state index is 4.49. The summed E-state index contributed by atoms with van der Waals surface area (Å²) in [6.45, 7) is 8.91. The molecular weight excluding hydrogens is 198 g/mol. The lowest BCUT2D eigenvalue weighted by Crippen LogP contribution is -2.38. The average Bonchev–Trinajstić information content (AvgIpc) is 2.30. The molecule has 3 nitrogen and oxygen atoms in total. The topological polar surface area (TPSA) is 29.0 Å². The summed E-state index contributed by atoms with van der Waals surface area (Å²) in [5.41, 5.74) is 2.18. The van der Waals surface area contributed by atoms with Gasteiger partial charge in [-0.05, 0) is 46.7 Å². The van der Waals surface area contributed by atoms with Crippen LogP contribution in [0.5, 0.6) is 0 Å². The minimum atomic E-state index is 0.614. The number of aryl methyl sites for hydroxylation is 1. The van der Waals surface area contributed by atoms with Crippen LogP contribution in [0, 0.1) is 6.92 Å². The molecule has 0 radical (unpaired) electrons. The standard InChI is InChI=1S/C13H21N3/c1-10(2)16-6-4-12(5-7-16)13-9-14-11(3)8-15-13/h8-10,12H,4-7H2,1-3H3. The van der Waals surface area contributed by atoms with Gasteiger partial charge in [-0.1, -0.05) is 0 Å². The molecule has 1 aromatic heterocycles. The molecular formula is C13H21N3. The fourth-order valence-corrected chi connectivity index (χ4v) is 2.33. The Morgan fingerprint density at radius 3 is 2.38 bits per heavy atom. The van der Waals surface area contributed by atoms with Gasteiger partial charge >= 0.3 is 0 Å². The van der Waals surface area contributed by atoms with Crippen molar-refractivity contribution in [2.45, 2.75) is 45.6 Å². The van der Waals surface area contributed by atoms with E-state index < -0.39 is 0 Å². The van der Waals surface area contributed by atoms with Gasteiger partial charge < -0.3 is 4.90 Å². The molecule has 1 aliphatic rings. The largest absolute Gasteiger partial charge is 0.301 e.